The molecule has 10 nitrogen and oxygen atoms in total. The van der Waals surface area contributed by atoms with Gasteiger partial charge < -0.3 is 31.1 Å². The van der Waals surface area contributed by atoms with Crippen LogP contribution in [0.25, 0.3) is 16.9 Å². The first-order valence-corrected chi connectivity index (χ1v) is 13.4. The third kappa shape index (κ3) is 3.88. The third-order valence-corrected chi connectivity index (χ3v) is 9.00. The standard InChI is InChI=1S/C31H35N3O7/c1-13-7-8-15(9-14(13)2)17-12-20(33(3)4)18-10-16-11-19-24(34(5)6)27(37)23(30(32)40)29(39)31(19,41)28(38)21(16)26(36)22(18)25(17)35/h7-9,12,16,19,24,35-36,39,41H,10-11H2,1-6H3,(H2,32,40). The zero-order valence-electron chi connectivity index (χ0n) is 23.9. The van der Waals surface area contributed by atoms with Gasteiger partial charge in [-0.15, -0.1) is 0 Å². The summed E-state index contributed by atoms with van der Waals surface area (Å²) >= 11 is 0. The fourth-order valence-corrected chi connectivity index (χ4v) is 6.82. The predicted molar refractivity (Wildman–Crippen MR) is 153 cm³/mol. The average Bonchev–Trinajstić information content (AvgIpc) is 2.87. The molecule has 0 radical (unpaired) electrons. The first kappa shape index (κ1) is 28.4. The van der Waals surface area contributed by atoms with Crippen LogP contribution in [0, 0.1) is 25.7 Å². The maximum absolute atomic E-state index is 14.1. The second-order valence-corrected chi connectivity index (χ2v) is 11.8. The maximum atomic E-state index is 14.1. The molecule has 6 N–H and O–H groups in total. The zero-order chi connectivity index (χ0) is 30.3. The van der Waals surface area contributed by atoms with E-state index in [9.17, 15) is 34.8 Å². The van der Waals surface area contributed by atoms with Gasteiger partial charge in [0.1, 0.15) is 22.8 Å². The number of hydrogen-bond acceptors (Lipinski definition) is 9. The average molecular weight is 562 g/mol. The highest BCUT2D eigenvalue weighted by Gasteiger charge is 2.64. The minimum Gasteiger partial charge on any atom is -0.508 e. The summed E-state index contributed by atoms with van der Waals surface area (Å²) in [6.07, 6.45) is 0.265. The van der Waals surface area contributed by atoms with Gasteiger partial charge in [0.25, 0.3) is 5.91 Å². The topological polar surface area (TPSA) is 165 Å². The van der Waals surface area contributed by atoms with Crippen LogP contribution in [0.2, 0.25) is 0 Å². The molecule has 0 aliphatic heterocycles. The Bertz CT molecular complexity index is 1600. The molecule has 4 atom stereocenters. The van der Waals surface area contributed by atoms with Crippen LogP contribution in [0.15, 0.2) is 41.2 Å². The van der Waals surface area contributed by atoms with Crippen LogP contribution >= 0.6 is 0 Å². The lowest BCUT2D eigenvalue weighted by Gasteiger charge is -2.50. The van der Waals surface area contributed by atoms with Crippen LogP contribution in [0.1, 0.15) is 28.7 Å². The number of aromatic hydroxyl groups is 1. The summed E-state index contributed by atoms with van der Waals surface area (Å²) in [5, 5.41) is 46.1. The number of nitrogens with zero attached hydrogens (tertiary/aromatic N) is 2. The summed E-state index contributed by atoms with van der Waals surface area (Å²) in [6.45, 7) is 3.94. The number of carbonyl (C=O) groups excluding carboxylic acids is 3. The van der Waals surface area contributed by atoms with Crippen LogP contribution in [0.4, 0.5) is 5.69 Å². The first-order chi connectivity index (χ1) is 19.1. The fourth-order valence-electron chi connectivity index (χ4n) is 6.82. The number of likely N-dealkylation sites (N-methyl/N-ethyl adjacent to an activating group) is 1. The lowest BCUT2D eigenvalue weighted by atomic mass is 9.57. The number of benzene rings is 2. The molecule has 0 spiro atoms. The number of amides is 1. The van der Waals surface area contributed by atoms with Crippen molar-refractivity contribution in [2.75, 3.05) is 33.1 Å². The van der Waals surface area contributed by atoms with E-state index in [1.165, 1.54) is 4.90 Å². The van der Waals surface area contributed by atoms with E-state index in [-0.39, 0.29) is 29.7 Å². The Labute approximate surface area is 238 Å². The van der Waals surface area contributed by atoms with Crippen molar-refractivity contribution in [1.29, 1.82) is 0 Å². The summed E-state index contributed by atoms with van der Waals surface area (Å²) in [6, 6.07) is 6.45. The Hall–Kier alpha value is -4.15. The number of phenols is 1. The third-order valence-electron chi connectivity index (χ3n) is 9.00. The Balaban J connectivity index is 1.78. The molecule has 1 saturated carbocycles. The second kappa shape index (κ2) is 9.46. The monoisotopic (exact) mass is 561 g/mol. The van der Waals surface area contributed by atoms with Crippen LogP contribution in [-0.4, -0.2) is 82.6 Å². The highest BCUT2D eigenvalue weighted by Crippen LogP contribution is 2.55. The van der Waals surface area contributed by atoms with E-state index in [1.54, 1.807) is 14.1 Å². The highest BCUT2D eigenvalue weighted by molar-refractivity contribution is 6.24. The highest BCUT2D eigenvalue weighted by atomic mass is 16.3. The van der Waals surface area contributed by atoms with E-state index in [2.05, 4.69) is 0 Å². The molecule has 10 heteroatoms. The van der Waals surface area contributed by atoms with Gasteiger partial charge in [0.05, 0.1) is 11.6 Å². The summed E-state index contributed by atoms with van der Waals surface area (Å²) in [4.78, 5) is 42.9. The summed E-state index contributed by atoms with van der Waals surface area (Å²) < 4.78 is 0. The molecule has 41 heavy (non-hydrogen) atoms. The molecule has 0 saturated heterocycles. The number of aliphatic hydroxyl groups excluding tert-OH is 2. The van der Waals surface area contributed by atoms with Gasteiger partial charge in [-0.3, -0.25) is 19.3 Å². The zero-order valence-corrected chi connectivity index (χ0v) is 23.9. The molecular formula is C31H35N3O7. The molecule has 0 aromatic heterocycles. The normalized spacial score (nSPS) is 25.7. The number of aliphatic hydroxyl groups is 3. The van der Waals surface area contributed by atoms with Gasteiger partial charge in [0, 0.05) is 36.8 Å². The maximum Gasteiger partial charge on any atom is 0.255 e. The van der Waals surface area contributed by atoms with E-state index >= 15 is 0 Å². The molecule has 3 aliphatic rings. The predicted octanol–water partition coefficient (Wildman–Crippen LogP) is 2.31. The SMILES string of the molecule is Cc1ccc(-c2cc(N(C)C)c3c(c2O)C(O)=C2C(=O)C4(O)C(O)=C(C(N)=O)C(=O)C(N(C)C)C4CC2C3)cc1C. The van der Waals surface area contributed by atoms with Crippen molar-refractivity contribution in [3.8, 4) is 16.9 Å². The van der Waals surface area contributed by atoms with Crippen molar-refractivity contribution in [1.82, 2.24) is 4.90 Å². The lowest BCUT2D eigenvalue weighted by molar-refractivity contribution is -0.153. The number of hydrogen-bond donors (Lipinski definition) is 5. The number of aryl methyl sites for hydroxylation is 2. The molecule has 216 valence electrons. The molecule has 0 bridgehead atoms. The number of rotatable bonds is 4. The lowest BCUT2D eigenvalue weighted by Crippen LogP contribution is -2.65. The van der Waals surface area contributed by atoms with Crippen LogP contribution in [0.3, 0.4) is 0 Å². The van der Waals surface area contributed by atoms with E-state index in [1.807, 2.05) is 57.1 Å². The van der Waals surface area contributed by atoms with Crippen molar-refractivity contribution in [3.63, 3.8) is 0 Å². The molecule has 1 amide bonds. The van der Waals surface area contributed by atoms with Gasteiger partial charge in [0.15, 0.2) is 11.4 Å². The van der Waals surface area contributed by atoms with Crippen molar-refractivity contribution >= 4 is 28.9 Å². The summed E-state index contributed by atoms with van der Waals surface area (Å²) in [5.74, 6) is -6.65. The number of nitrogens with two attached hydrogens (primary N) is 1. The van der Waals surface area contributed by atoms with Crippen molar-refractivity contribution in [3.05, 3.63) is 63.4 Å². The van der Waals surface area contributed by atoms with E-state index in [0.717, 1.165) is 22.4 Å². The number of fused-ring (bicyclic) bond motifs is 3. The minimum atomic E-state index is -2.67. The van der Waals surface area contributed by atoms with E-state index in [4.69, 9.17) is 5.73 Å². The largest absolute Gasteiger partial charge is 0.508 e. The number of Topliss-reactive ketones (excluding diaryl/α,β-unsaturated/α-hetero) is 2. The van der Waals surface area contributed by atoms with E-state index in [0.29, 0.717) is 11.1 Å². The number of primary amides is 1. The summed E-state index contributed by atoms with van der Waals surface area (Å²) in [7, 11) is 6.83. The molecule has 4 unspecified atom stereocenters. The van der Waals surface area contributed by atoms with Crippen LogP contribution < -0.4 is 10.6 Å². The number of carbonyl (C=O) groups is 3. The van der Waals surface area contributed by atoms with Gasteiger partial charge in [-0.05, 0) is 75.0 Å². The number of ketones is 2. The molecular weight excluding hydrogens is 526 g/mol. The van der Waals surface area contributed by atoms with Crippen LogP contribution in [-0.2, 0) is 20.8 Å². The molecule has 5 rings (SSSR count). The minimum absolute atomic E-state index is 0.0400. The fraction of sp³-hybridized carbons (Fsp3) is 0.387. The van der Waals surface area contributed by atoms with Crippen molar-refractivity contribution in [2.24, 2.45) is 17.6 Å². The summed E-state index contributed by atoms with van der Waals surface area (Å²) in [5.41, 5.74) is 6.40. The molecule has 2 aromatic carbocycles. The van der Waals surface area contributed by atoms with Gasteiger partial charge >= 0.3 is 0 Å². The molecule has 0 heterocycles. The molecule has 3 aliphatic carbocycles. The molecule has 2 aromatic rings. The van der Waals surface area contributed by atoms with Crippen LogP contribution in [0.5, 0.6) is 5.75 Å². The Morgan fingerprint density at radius 2 is 1.68 bits per heavy atom. The number of anilines is 1. The second-order valence-electron chi connectivity index (χ2n) is 11.8. The van der Waals surface area contributed by atoms with Gasteiger partial charge in [-0.2, -0.15) is 0 Å². The number of phenolic OH excluding ortho intramolecular Hbond substituents is 1. The van der Waals surface area contributed by atoms with Crippen molar-refractivity contribution < 1.29 is 34.8 Å². The van der Waals surface area contributed by atoms with Gasteiger partial charge in [-0.1, -0.05) is 18.2 Å². The Morgan fingerprint density at radius 3 is 2.24 bits per heavy atom. The van der Waals surface area contributed by atoms with E-state index < -0.39 is 58.0 Å². The first-order valence-electron chi connectivity index (χ1n) is 13.4. The smallest absolute Gasteiger partial charge is 0.255 e. The Morgan fingerprint density at radius 1 is 1.02 bits per heavy atom. The van der Waals surface area contributed by atoms with Gasteiger partial charge in [-0.25, -0.2) is 0 Å². The quantitative estimate of drug-likeness (QED) is 0.352. The van der Waals surface area contributed by atoms with Gasteiger partial charge in [0.2, 0.25) is 5.78 Å². The molecule has 1 fully saturated rings. The van der Waals surface area contributed by atoms with Crippen molar-refractivity contribution in [2.45, 2.75) is 38.3 Å². The Kier molecular flexibility index (Phi) is 6.55.